The molecule has 0 aliphatic rings. The highest BCUT2D eigenvalue weighted by Crippen LogP contribution is 1.79. The Morgan fingerprint density at radius 2 is 1.64 bits per heavy atom. The summed E-state index contributed by atoms with van der Waals surface area (Å²) in [6, 6.07) is 0. The van der Waals surface area contributed by atoms with Gasteiger partial charge in [-0.05, 0) is 13.0 Å². The van der Waals surface area contributed by atoms with Gasteiger partial charge in [0, 0.05) is 18.4 Å². The molecule has 0 aliphatic carbocycles. The molecule has 0 saturated heterocycles. The highest BCUT2D eigenvalue weighted by Gasteiger charge is 1.85. The maximum atomic E-state index is 10.3. The van der Waals surface area contributed by atoms with Crippen LogP contribution in [0.25, 0.3) is 0 Å². The van der Waals surface area contributed by atoms with E-state index in [1.54, 1.807) is 12.2 Å². The Labute approximate surface area is 128 Å². The van der Waals surface area contributed by atoms with Crippen molar-refractivity contribution in [3.8, 4) is 0 Å². The monoisotopic (exact) mass is 310 g/mol. The van der Waals surface area contributed by atoms with Crippen LogP contribution < -0.4 is 11.1 Å². The molecule has 0 saturated carbocycles. The summed E-state index contributed by atoms with van der Waals surface area (Å²) < 4.78 is 4.34. The second-order valence-corrected chi connectivity index (χ2v) is 2.90. The Hall–Kier alpha value is -3.25. The number of hydrogen-bond donors (Lipinski definition) is 2. The largest absolute Gasteiger partial charge is 0.466 e. The molecule has 0 rings (SSSR count). The van der Waals surface area contributed by atoms with E-state index >= 15 is 0 Å². The van der Waals surface area contributed by atoms with Crippen LogP contribution >= 0.6 is 0 Å². The van der Waals surface area contributed by atoms with Crippen LogP contribution in [-0.4, -0.2) is 31.5 Å². The molecule has 3 N–H and O–H groups in total. The molecule has 0 unspecified atom stereocenters. The zero-order valence-corrected chi connectivity index (χ0v) is 12.2. The van der Waals surface area contributed by atoms with Gasteiger partial charge in [-0.3, -0.25) is 9.59 Å². The Kier molecular flexibility index (Phi) is 24.8. The third-order valence-corrected chi connectivity index (χ3v) is 1.37. The van der Waals surface area contributed by atoms with Gasteiger partial charge < -0.3 is 15.8 Å². The Bertz CT molecular complexity index is 458. The molecule has 0 aliphatic heterocycles. The van der Waals surface area contributed by atoms with Crippen molar-refractivity contribution in [2.24, 2.45) is 5.73 Å². The van der Waals surface area contributed by atoms with Gasteiger partial charge in [-0.1, -0.05) is 24.3 Å². The van der Waals surface area contributed by atoms with Crippen molar-refractivity contribution < 1.29 is 28.7 Å². The van der Waals surface area contributed by atoms with E-state index in [0.717, 1.165) is 0 Å². The topological polar surface area (TPSA) is 133 Å². The quantitative estimate of drug-likeness (QED) is 0.307. The number of primary amides is 1. The van der Waals surface area contributed by atoms with E-state index in [1.165, 1.54) is 37.6 Å². The highest BCUT2D eigenvalue weighted by atomic mass is 16.5. The maximum Gasteiger partial charge on any atom is 0.373 e. The van der Waals surface area contributed by atoms with Crippen LogP contribution in [0.15, 0.2) is 48.7 Å². The van der Waals surface area contributed by atoms with Gasteiger partial charge in [0.25, 0.3) is 0 Å². The summed E-state index contributed by atoms with van der Waals surface area (Å²) in [4.78, 5) is 46.3. The molecule has 0 bridgehead atoms. The second-order valence-electron chi connectivity index (χ2n) is 2.90. The lowest BCUT2D eigenvalue weighted by Crippen LogP contribution is -2.05. The summed E-state index contributed by atoms with van der Waals surface area (Å²) in [5.41, 5.74) is 4.76. The lowest BCUT2D eigenvalue weighted by atomic mass is 10.4. The summed E-state index contributed by atoms with van der Waals surface area (Å²) in [6.07, 6.45) is 12.8. The van der Waals surface area contributed by atoms with Crippen LogP contribution in [0, 0.1) is 0 Å². The standard InChI is InChI=1S/C7H10O2.C6H8N2O2.CO2/c1-3-4-5-6-7(8)9-2;7-6(10)3-1-2-4-8-5-9;2-1-3/h3-6H,1-2H3;1-5H,(H2,7,10)(H,8,9);/b4-3-,6-5+;3-1+,4-2-;. The van der Waals surface area contributed by atoms with E-state index in [1.807, 2.05) is 13.0 Å². The van der Waals surface area contributed by atoms with E-state index in [0.29, 0.717) is 6.41 Å². The van der Waals surface area contributed by atoms with E-state index in [9.17, 15) is 14.4 Å². The summed E-state index contributed by atoms with van der Waals surface area (Å²) >= 11 is 0. The summed E-state index contributed by atoms with van der Waals surface area (Å²) in [5.74, 6) is -0.844. The van der Waals surface area contributed by atoms with Gasteiger partial charge >= 0.3 is 12.1 Å². The third-order valence-electron chi connectivity index (χ3n) is 1.37. The second kappa shape index (κ2) is 22.9. The average Bonchev–Trinajstić information content (AvgIpc) is 2.48. The van der Waals surface area contributed by atoms with Gasteiger partial charge in [-0.25, -0.2) is 4.79 Å². The van der Waals surface area contributed by atoms with Crippen LogP contribution in [0.2, 0.25) is 0 Å². The molecular weight excluding hydrogens is 292 g/mol. The number of hydrogen-bond acceptors (Lipinski definition) is 6. The minimum atomic E-state index is -0.518. The van der Waals surface area contributed by atoms with Crippen molar-refractivity contribution in [2.75, 3.05) is 7.11 Å². The van der Waals surface area contributed by atoms with Crippen molar-refractivity contribution in [3.05, 3.63) is 48.7 Å². The highest BCUT2D eigenvalue weighted by molar-refractivity contribution is 5.86. The Balaban J connectivity index is -0.000000279. The van der Waals surface area contributed by atoms with Gasteiger partial charge in [-0.15, -0.1) is 0 Å². The number of carbonyl (C=O) groups is 3. The molecule has 0 fully saturated rings. The number of esters is 1. The number of ether oxygens (including phenoxy) is 1. The molecule has 0 heterocycles. The Morgan fingerprint density at radius 1 is 1.09 bits per heavy atom. The van der Waals surface area contributed by atoms with Gasteiger partial charge in [0.05, 0.1) is 7.11 Å². The first kappa shape index (κ1) is 23.8. The molecule has 0 atom stereocenters. The molecule has 120 valence electrons. The first-order chi connectivity index (χ1) is 10.5. The summed E-state index contributed by atoms with van der Waals surface area (Å²) in [5, 5.41) is 2.26. The van der Waals surface area contributed by atoms with Crippen molar-refractivity contribution in [1.29, 1.82) is 0 Å². The molecule has 22 heavy (non-hydrogen) atoms. The smallest absolute Gasteiger partial charge is 0.373 e. The summed E-state index contributed by atoms with van der Waals surface area (Å²) in [6.45, 7) is 1.88. The first-order valence-electron chi connectivity index (χ1n) is 5.69. The van der Waals surface area contributed by atoms with Crippen LogP contribution in [0.4, 0.5) is 0 Å². The fourth-order valence-electron chi connectivity index (χ4n) is 0.614. The van der Waals surface area contributed by atoms with Crippen molar-refractivity contribution in [2.45, 2.75) is 6.92 Å². The molecule has 0 aromatic rings. The molecule has 8 nitrogen and oxygen atoms in total. The zero-order chi connectivity index (χ0) is 17.6. The lowest BCUT2D eigenvalue weighted by Gasteiger charge is -1.85. The predicted octanol–water partition coefficient (Wildman–Crippen LogP) is -0.00420. The van der Waals surface area contributed by atoms with Crippen LogP contribution in [0.3, 0.4) is 0 Å². The van der Waals surface area contributed by atoms with Gasteiger partial charge in [0.2, 0.25) is 12.3 Å². The van der Waals surface area contributed by atoms with Crippen molar-refractivity contribution >= 4 is 24.4 Å². The van der Waals surface area contributed by atoms with Crippen molar-refractivity contribution in [3.63, 3.8) is 0 Å². The molecule has 0 radical (unpaired) electrons. The van der Waals surface area contributed by atoms with Crippen LogP contribution in [0.1, 0.15) is 6.92 Å². The van der Waals surface area contributed by atoms with Crippen LogP contribution in [-0.2, 0) is 28.7 Å². The van der Waals surface area contributed by atoms with Crippen LogP contribution in [0.5, 0.6) is 0 Å². The summed E-state index contributed by atoms with van der Waals surface area (Å²) in [7, 11) is 1.35. The average molecular weight is 310 g/mol. The third kappa shape index (κ3) is 36.0. The number of methoxy groups -OCH3 is 1. The predicted molar refractivity (Wildman–Crippen MR) is 77.7 cm³/mol. The fourth-order valence-corrected chi connectivity index (χ4v) is 0.614. The van der Waals surface area contributed by atoms with Gasteiger partial charge in [-0.2, -0.15) is 9.59 Å². The Morgan fingerprint density at radius 3 is 2.05 bits per heavy atom. The number of nitrogens with one attached hydrogen (secondary N) is 1. The number of nitrogens with two attached hydrogens (primary N) is 1. The molecular formula is C14H18N2O6. The van der Waals surface area contributed by atoms with E-state index in [2.05, 4.69) is 10.1 Å². The molecule has 8 heteroatoms. The number of allylic oxidation sites excluding steroid dienone is 5. The first-order valence-corrected chi connectivity index (χ1v) is 5.69. The SMILES string of the molecule is C/C=C\C=C\C(=O)OC.NC(=O)/C=C/C=C\NC=O.O=C=O. The molecule has 0 spiro atoms. The molecule has 0 aromatic heterocycles. The normalized spacial score (nSPS) is 9.55. The lowest BCUT2D eigenvalue weighted by molar-refractivity contribution is -0.191. The minimum Gasteiger partial charge on any atom is -0.466 e. The maximum absolute atomic E-state index is 10.3. The van der Waals surface area contributed by atoms with E-state index in [-0.39, 0.29) is 12.1 Å². The van der Waals surface area contributed by atoms with Gasteiger partial charge in [0.15, 0.2) is 0 Å². The fraction of sp³-hybridized carbons (Fsp3) is 0.143. The van der Waals surface area contributed by atoms with E-state index < -0.39 is 5.91 Å². The minimum absolute atomic E-state index is 0.250. The van der Waals surface area contributed by atoms with E-state index in [4.69, 9.17) is 15.3 Å². The molecule has 0 aromatic carbocycles. The number of amides is 2. The molecule has 2 amide bonds. The number of rotatable bonds is 6. The number of carbonyl (C=O) groups excluding carboxylic acids is 5. The van der Waals surface area contributed by atoms with Gasteiger partial charge in [0.1, 0.15) is 0 Å². The van der Waals surface area contributed by atoms with Crippen molar-refractivity contribution in [1.82, 2.24) is 5.32 Å². The zero-order valence-electron chi connectivity index (χ0n) is 12.2.